The highest BCUT2D eigenvalue weighted by Crippen LogP contribution is 2.34. The van der Waals surface area contributed by atoms with Crippen LogP contribution in [-0.4, -0.2) is 30.4 Å². The summed E-state index contributed by atoms with van der Waals surface area (Å²) in [5.41, 5.74) is 3.50. The Labute approximate surface area is 176 Å². The van der Waals surface area contributed by atoms with E-state index in [2.05, 4.69) is 24.8 Å². The summed E-state index contributed by atoms with van der Waals surface area (Å²) in [6.07, 6.45) is 3.54. The van der Waals surface area contributed by atoms with Gasteiger partial charge in [0, 0.05) is 12.0 Å². The van der Waals surface area contributed by atoms with Crippen molar-refractivity contribution in [3.05, 3.63) is 102 Å². The molecule has 0 aromatic heterocycles. The van der Waals surface area contributed by atoms with Gasteiger partial charge in [-0.2, -0.15) is 0 Å². The number of carbonyl (C=O) groups is 1. The quantitative estimate of drug-likeness (QED) is 0.533. The van der Waals surface area contributed by atoms with Crippen LogP contribution in [0.25, 0.3) is 0 Å². The van der Waals surface area contributed by atoms with Gasteiger partial charge in [0.1, 0.15) is 11.3 Å². The number of phenols is 1. The third-order valence-electron chi connectivity index (χ3n) is 4.37. The van der Waals surface area contributed by atoms with Crippen LogP contribution in [0.15, 0.2) is 79.4 Å². The molecule has 0 aliphatic carbocycles. The molecule has 0 spiro atoms. The zero-order valence-corrected chi connectivity index (χ0v) is 17.2. The third kappa shape index (κ3) is 6.14. The van der Waals surface area contributed by atoms with Gasteiger partial charge >= 0.3 is 5.97 Å². The van der Waals surface area contributed by atoms with Gasteiger partial charge in [0.15, 0.2) is 11.5 Å². The van der Waals surface area contributed by atoms with E-state index in [0.29, 0.717) is 0 Å². The van der Waals surface area contributed by atoms with Gasteiger partial charge in [-0.05, 0) is 35.7 Å². The highest BCUT2D eigenvalue weighted by atomic mass is 16.5. The van der Waals surface area contributed by atoms with Crippen molar-refractivity contribution in [3.8, 4) is 17.2 Å². The first-order valence-electron chi connectivity index (χ1n) is 9.40. The van der Waals surface area contributed by atoms with Crippen LogP contribution in [0.1, 0.15) is 27.0 Å². The van der Waals surface area contributed by atoms with Crippen LogP contribution in [0.2, 0.25) is 0 Å². The molecule has 0 bridgehead atoms. The maximum Gasteiger partial charge on any atom is 0.339 e. The molecule has 0 unspecified atom stereocenters. The number of methoxy groups -OCH3 is 2. The Hall–Kier alpha value is -3.73. The van der Waals surface area contributed by atoms with Crippen LogP contribution in [-0.2, 0) is 12.8 Å². The first-order valence-corrected chi connectivity index (χ1v) is 9.40. The molecular weight excluding hydrogens is 380 g/mol. The van der Waals surface area contributed by atoms with E-state index in [4.69, 9.17) is 19.7 Å². The van der Waals surface area contributed by atoms with Crippen molar-refractivity contribution in [1.82, 2.24) is 0 Å². The van der Waals surface area contributed by atoms with E-state index in [-0.39, 0.29) is 11.3 Å². The van der Waals surface area contributed by atoms with Crippen molar-refractivity contribution < 1.29 is 24.5 Å². The second kappa shape index (κ2) is 11.3. The molecule has 0 aliphatic rings. The fraction of sp³-hybridized carbons (Fsp3) is 0.160. The number of hydrogen-bond donors (Lipinski definition) is 2. The molecule has 5 heteroatoms. The lowest BCUT2D eigenvalue weighted by molar-refractivity contribution is 0.0693. The summed E-state index contributed by atoms with van der Waals surface area (Å²) < 4.78 is 11.0. The standard InChI is InChI=1S/C18H20O2.C7H6O3/c1-4-8-15-12-16(11-14-9-6-5-7-10-14)18(20-3)17(13-15)19-2;8-6-4-2-1-3-5(6)7(9)10/h4-7,9-10,12-13H,1,8,11H2,2-3H3;1-4,8H,(H,9,10). The average Bonchev–Trinajstić information content (AvgIpc) is 2.75. The lowest BCUT2D eigenvalue weighted by atomic mass is 10.00. The monoisotopic (exact) mass is 406 g/mol. The molecule has 3 aromatic carbocycles. The molecule has 0 fully saturated rings. The normalized spacial score (nSPS) is 9.80. The molecule has 0 amide bonds. The van der Waals surface area contributed by atoms with Gasteiger partial charge in [0.05, 0.1) is 14.2 Å². The lowest BCUT2D eigenvalue weighted by Crippen LogP contribution is -1.99. The molecule has 30 heavy (non-hydrogen) atoms. The number of para-hydroxylation sites is 1. The van der Waals surface area contributed by atoms with Gasteiger partial charge in [0.25, 0.3) is 0 Å². The Bertz CT molecular complexity index is 980. The Morgan fingerprint density at radius 2 is 1.63 bits per heavy atom. The van der Waals surface area contributed by atoms with Crippen molar-refractivity contribution >= 4 is 5.97 Å². The average molecular weight is 406 g/mol. The van der Waals surface area contributed by atoms with Crippen LogP contribution < -0.4 is 9.47 Å². The topological polar surface area (TPSA) is 76.0 Å². The molecule has 0 radical (unpaired) electrons. The van der Waals surface area contributed by atoms with Crippen LogP contribution in [0.3, 0.4) is 0 Å². The van der Waals surface area contributed by atoms with E-state index in [1.54, 1.807) is 26.4 Å². The van der Waals surface area contributed by atoms with Crippen molar-refractivity contribution in [1.29, 1.82) is 0 Å². The van der Waals surface area contributed by atoms with Gasteiger partial charge in [-0.15, -0.1) is 6.58 Å². The number of hydrogen-bond acceptors (Lipinski definition) is 4. The minimum atomic E-state index is -1.11. The number of ether oxygens (including phenoxy) is 2. The predicted octanol–water partition coefficient (Wildman–Crippen LogP) is 5.11. The first-order chi connectivity index (χ1) is 14.5. The number of rotatable bonds is 7. The summed E-state index contributed by atoms with van der Waals surface area (Å²) in [4.78, 5) is 10.3. The first kappa shape index (κ1) is 22.6. The van der Waals surface area contributed by atoms with E-state index in [0.717, 1.165) is 29.9 Å². The van der Waals surface area contributed by atoms with Crippen molar-refractivity contribution in [2.75, 3.05) is 14.2 Å². The Balaban J connectivity index is 0.000000269. The number of allylic oxidation sites excluding steroid dienone is 1. The van der Waals surface area contributed by atoms with Crippen LogP contribution in [0, 0.1) is 0 Å². The lowest BCUT2D eigenvalue weighted by Gasteiger charge is -2.15. The molecule has 0 saturated carbocycles. The van der Waals surface area contributed by atoms with Gasteiger partial charge < -0.3 is 19.7 Å². The third-order valence-corrected chi connectivity index (χ3v) is 4.37. The maximum atomic E-state index is 10.3. The molecule has 5 nitrogen and oxygen atoms in total. The fourth-order valence-corrected chi connectivity index (χ4v) is 2.99. The van der Waals surface area contributed by atoms with Crippen LogP contribution in [0.4, 0.5) is 0 Å². The molecule has 3 rings (SSSR count). The second-order valence-electron chi connectivity index (χ2n) is 6.47. The van der Waals surface area contributed by atoms with Gasteiger partial charge in [0.2, 0.25) is 0 Å². The van der Waals surface area contributed by atoms with E-state index in [9.17, 15) is 4.79 Å². The van der Waals surface area contributed by atoms with Gasteiger partial charge in [-0.1, -0.05) is 54.6 Å². The van der Waals surface area contributed by atoms with E-state index >= 15 is 0 Å². The summed E-state index contributed by atoms with van der Waals surface area (Å²) in [5, 5.41) is 17.3. The van der Waals surface area contributed by atoms with Gasteiger partial charge in [-0.3, -0.25) is 0 Å². The summed E-state index contributed by atoms with van der Waals surface area (Å²) in [7, 11) is 3.35. The van der Waals surface area contributed by atoms with Gasteiger partial charge in [-0.25, -0.2) is 4.79 Å². The largest absolute Gasteiger partial charge is 0.507 e. The second-order valence-corrected chi connectivity index (χ2v) is 6.47. The van der Waals surface area contributed by atoms with Crippen LogP contribution >= 0.6 is 0 Å². The zero-order valence-electron chi connectivity index (χ0n) is 17.2. The smallest absolute Gasteiger partial charge is 0.339 e. The number of carboxylic acids is 1. The Kier molecular flexibility index (Phi) is 8.51. The number of carboxylic acid groups (broad SMARTS) is 1. The molecule has 0 heterocycles. The van der Waals surface area contributed by atoms with Crippen LogP contribution in [0.5, 0.6) is 17.2 Å². The molecule has 156 valence electrons. The minimum Gasteiger partial charge on any atom is -0.507 e. The van der Waals surface area contributed by atoms with Crippen molar-refractivity contribution in [2.24, 2.45) is 0 Å². The summed E-state index contributed by atoms with van der Waals surface area (Å²) in [6.45, 7) is 3.80. The van der Waals surface area contributed by atoms with Crippen molar-refractivity contribution in [3.63, 3.8) is 0 Å². The highest BCUT2D eigenvalue weighted by Gasteiger charge is 2.12. The minimum absolute atomic E-state index is 0.0671. The summed E-state index contributed by atoms with van der Waals surface area (Å²) in [5.74, 6) is 0.273. The van der Waals surface area contributed by atoms with E-state index < -0.39 is 5.97 Å². The fourth-order valence-electron chi connectivity index (χ4n) is 2.99. The Morgan fingerprint density at radius 1 is 0.967 bits per heavy atom. The van der Waals surface area contributed by atoms with Crippen molar-refractivity contribution in [2.45, 2.75) is 12.8 Å². The zero-order chi connectivity index (χ0) is 21.9. The molecule has 3 aromatic rings. The molecule has 0 saturated heterocycles. The maximum absolute atomic E-state index is 10.3. The molecule has 0 aliphatic heterocycles. The Morgan fingerprint density at radius 3 is 2.17 bits per heavy atom. The number of benzene rings is 3. The van der Waals surface area contributed by atoms with E-state index in [1.165, 1.54) is 23.3 Å². The molecular formula is C25H26O5. The number of aromatic hydroxyl groups is 1. The highest BCUT2D eigenvalue weighted by molar-refractivity contribution is 5.90. The van der Waals surface area contributed by atoms with E-state index in [1.807, 2.05) is 30.3 Å². The summed E-state index contributed by atoms with van der Waals surface area (Å²) >= 11 is 0. The molecule has 0 atom stereocenters. The molecule has 2 N–H and O–H groups in total. The predicted molar refractivity (Wildman–Crippen MR) is 118 cm³/mol. The summed E-state index contributed by atoms with van der Waals surface area (Å²) in [6, 6.07) is 20.3. The number of aromatic carboxylic acids is 1. The SMILES string of the molecule is C=CCc1cc(Cc2ccccc2)c(OC)c(OC)c1.O=C(O)c1ccccc1O.